The lowest BCUT2D eigenvalue weighted by Crippen LogP contribution is -2.50. The van der Waals surface area contributed by atoms with Crippen LogP contribution in [-0.2, 0) is 11.3 Å². The lowest BCUT2D eigenvalue weighted by molar-refractivity contribution is -0.165. The average molecular weight is 295 g/mol. The molecule has 0 amide bonds. The molecule has 3 aliphatic rings. The highest BCUT2D eigenvalue weighted by atomic mass is 32.2. The lowest BCUT2D eigenvalue weighted by atomic mass is 9.68. The van der Waals surface area contributed by atoms with E-state index in [0.717, 1.165) is 30.4 Å². The maximum Gasteiger partial charge on any atom is 0.344 e. The van der Waals surface area contributed by atoms with Crippen LogP contribution in [0.3, 0.4) is 0 Å². The number of rotatable bonds is 5. The normalized spacial score (nSPS) is 32.5. The molecule has 1 aromatic rings. The van der Waals surface area contributed by atoms with Gasteiger partial charge < -0.3 is 4.74 Å². The van der Waals surface area contributed by atoms with E-state index >= 15 is 0 Å². The highest BCUT2D eigenvalue weighted by molar-refractivity contribution is 7.99. The van der Waals surface area contributed by atoms with Crippen LogP contribution in [0.1, 0.15) is 32.6 Å². The van der Waals surface area contributed by atoms with E-state index in [4.69, 9.17) is 4.74 Å². The molecule has 2 saturated heterocycles. The minimum atomic E-state index is -0.166. The van der Waals surface area contributed by atoms with Gasteiger partial charge in [0.1, 0.15) is 0 Å². The van der Waals surface area contributed by atoms with Crippen molar-refractivity contribution in [3.05, 3.63) is 23.1 Å². The SMILES string of the molecule is C=CCn1c(SCC23CCC(C)(CC2)OC3)n[nH]c1=O. The minimum absolute atomic E-state index is 0.115. The Kier molecular flexibility index (Phi) is 3.54. The van der Waals surface area contributed by atoms with Gasteiger partial charge in [-0.2, -0.15) is 0 Å². The Balaban J connectivity index is 1.68. The summed E-state index contributed by atoms with van der Waals surface area (Å²) in [5.41, 5.74) is 0.209. The molecule has 2 aliphatic heterocycles. The number of hydrogen-bond donors (Lipinski definition) is 1. The standard InChI is InChI=1S/C14H21N3O2S/c1-3-8-17-11(18)15-16-12(17)20-10-14-6-4-13(2,5-7-14)19-9-14/h3H,1,4-10H2,2H3,(H,15,18). The van der Waals surface area contributed by atoms with Crippen molar-refractivity contribution >= 4 is 11.8 Å². The second-order valence-electron chi connectivity index (χ2n) is 6.24. The predicted molar refractivity (Wildman–Crippen MR) is 79.0 cm³/mol. The number of ether oxygens (including phenoxy) is 1. The Hall–Kier alpha value is -1.01. The molecule has 1 aromatic heterocycles. The molecule has 0 unspecified atom stereocenters. The van der Waals surface area contributed by atoms with Gasteiger partial charge in [-0.05, 0) is 32.6 Å². The molecular weight excluding hydrogens is 274 g/mol. The summed E-state index contributed by atoms with van der Waals surface area (Å²) in [6, 6.07) is 0. The molecule has 4 rings (SSSR count). The van der Waals surface area contributed by atoms with E-state index in [0.29, 0.717) is 6.54 Å². The van der Waals surface area contributed by atoms with Crippen molar-refractivity contribution in [1.82, 2.24) is 14.8 Å². The van der Waals surface area contributed by atoms with Crippen molar-refractivity contribution in [1.29, 1.82) is 0 Å². The first-order valence-electron chi connectivity index (χ1n) is 7.09. The number of allylic oxidation sites excluding steroid dienone is 1. The molecule has 0 aromatic carbocycles. The van der Waals surface area contributed by atoms with Gasteiger partial charge in [-0.1, -0.05) is 17.8 Å². The number of nitrogens with zero attached hydrogens (tertiary/aromatic N) is 2. The molecule has 6 heteroatoms. The fourth-order valence-electron chi connectivity index (χ4n) is 3.03. The Morgan fingerprint density at radius 1 is 1.50 bits per heavy atom. The molecule has 1 N–H and O–H groups in total. The zero-order valence-corrected chi connectivity index (χ0v) is 12.7. The first kappa shape index (κ1) is 13.9. The van der Waals surface area contributed by atoms with Crippen molar-refractivity contribution in [2.24, 2.45) is 5.41 Å². The van der Waals surface area contributed by atoms with Gasteiger partial charge in [-0.15, -0.1) is 11.7 Å². The molecule has 20 heavy (non-hydrogen) atoms. The van der Waals surface area contributed by atoms with Crippen LogP contribution in [0.15, 0.2) is 22.6 Å². The topological polar surface area (TPSA) is 59.9 Å². The summed E-state index contributed by atoms with van der Waals surface area (Å²) in [6.45, 7) is 7.24. The van der Waals surface area contributed by atoms with E-state index in [-0.39, 0.29) is 16.7 Å². The molecule has 1 aliphatic carbocycles. The summed E-state index contributed by atoms with van der Waals surface area (Å²) < 4.78 is 7.64. The summed E-state index contributed by atoms with van der Waals surface area (Å²) in [4.78, 5) is 11.6. The fourth-order valence-corrected chi connectivity index (χ4v) is 4.26. The van der Waals surface area contributed by atoms with Crippen LogP contribution >= 0.6 is 11.8 Å². The zero-order valence-electron chi connectivity index (χ0n) is 11.9. The largest absolute Gasteiger partial charge is 0.375 e. The molecule has 3 fully saturated rings. The van der Waals surface area contributed by atoms with E-state index in [1.165, 1.54) is 12.8 Å². The monoisotopic (exact) mass is 295 g/mol. The molecule has 0 radical (unpaired) electrons. The smallest absolute Gasteiger partial charge is 0.344 e. The van der Waals surface area contributed by atoms with Crippen molar-refractivity contribution in [2.75, 3.05) is 12.4 Å². The first-order valence-corrected chi connectivity index (χ1v) is 8.07. The van der Waals surface area contributed by atoms with E-state index in [9.17, 15) is 4.79 Å². The van der Waals surface area contributed by atoms with E-state index < -0.39 is 0 Å². The molecule has 3 heterocycles. The third-order valence-electron chi connectivity index (χ3n) is 4.64. The van der Waals surface area contributed by atoms with Crippen LogP contribution in [0.25, 0.3) is 0 Å². The van der Waals surface area contributed by atoms with Gasteiger partial charge >= 0.3 is 5.69 Å². The Labute approximate surface area is 122 Å². The van der Waals surface area contributed by atoms with E-state index in [1.807, 2.05) is 0 Å². The van der Waals surface area contributed by atoms with Crippen LogP contribution in [-0.4, -0.2) is 32.7 Å². The van der Waals surface area contributed by atoms with Crippen molar-refractivity contribution in [2.45, 2.75) is 49.9 Å². The quantitative estimate of drug-likeness (QED) is 0.668. The maximum atomic E-state index is 11.6. The highest BCUT2D eigenvalue weighted by Gasteiger charge is 2.47. The molecule has 0 atom stereocenters. The fraction of sp³-hybridized carbons (Fsp3) is 0.714. The zero-order chi connectivity index (χ0) is 14.2. The van der Waals surface area contributed by atoms with Crippen molar-refractivity contribution < 1.29 is 4.74 Å². The molecule has 1 saturated carbocycles. The highest BCUT2D eigenvalue weighted by Crippen LogP contribution is 2.50. The number of aromatic nitrogens is 3. The van der Waals surface area contributed by atoms with Gasteiger partial charge in [0, 0.05) is 17.7 Å². The second-order valence-corrected chi connectivity index (χ2v) is 7.18. The van der Waals surface area contributed by atoms with Crippen LogP contribution in [0.5, 0.6) is 0 Å². The summed E-state index contributed by atoms with van der Waals surface area (Å²) in [5.74, 6) is 0.963. The Morgan fingerprint density at radius 2 is 2.25 bits per heavy atom. The number of nitrogens with one attached hydrogen (secondary N) is 1. The van der Waals surface area contributed by atoms with Crippen LogP contribution in [0, 0.1) is 5.41 Å². The third-order valence-corrected chi connectivity index (χ3v) is 5.96. The summed E-state index contributed by atoms with van der Waals surface area (Å²) in [6.07, 6.45) is 6.44. The minimum Gasteiger partial charge on any atom is -0.375 e. The van der Waals surface area contributed by atoms with Crippen LogP contribution in [0.2, 0.25) is 0 Å². The first-order chi connectivity index (χ1) is 9.56. The third kappa shape index (κ3) is 2.46. The lowest BCUT2D eigenvalue weighted by Gasteiger charge is -2.51. The molecule has 5 nitrogen and oxygen atoms in total. The summed E-state index contributed by atoms with van der Waals surface area (Å²) in [5, 5.41) is 7.38. The second kappa shape index (κ2) is 5.07. The Morgan fingerprint density at radius 3 is 2.85 bits per heavy atom. The summed E-state index contributed by atoms with van der Waals surface area (Å²) in [7, 11) is 0. The molecule has 110 valence electrons. The molecule has 2 bridgehead atoms. The van der Waals surface area contributed by atoms with Gasteiger partial charge in [0.05, 0.1) is 12.2 Å². The van der Waals surface area contributed by atoms with Gasteiger partial charge in [-0.3, -0.25) is 4.57 Å². The Bertz CT molecular complexity index is 538. The number of thioether (sulfide) groups is 1. The number of fused-ring (bicyclic) bond motifs is 3. The number of hydrogen-bond acceptors (Lipinski definition) is 4. The molecule has 0 spiro atoms. The van der Waals surface area contributed by atoms with Crippen LogP contribution < -0.4 is 5.69 Å². The van der Waals surface area contributed by atoms with Crippen molar-refractivity contribution in [3.8, 4) is 0 Å². The van der Waals surface area contributed by atoms with Gasteiger partial charge in [0.25, 0.3) is 0 Å². The predicted octanol–water partition coefficient (Wildman–Crippen LogP) is 2.20. The number of aromatic amines is 1. The van der Waals surface area contributed by atoms with Gasteiger partial charge in [0.2, 0.25) is 0 Å². The maximum absolute atomic E-state index is 11.6. The van der Waals surface area contributed by atoms with Crippen molar-refractivity contribution in [3.63, 3.8) is 0 Å². The van der Waals surface area contributed by atoms with Gasteiger partial charge in [-0.25, -0.2) is 9.89 Å². The average Bonchev–Trinajstić information content (AvgIpc) is 2.80. The molecular formula is C14H21N3O2S. The van der Waals surface area contributed by atoms with Crippen LogP contribution in [0.4, 0.5) is 0 Å². The number of H-pyrrole nitrogens is 1. The van der Waals surface area contributed by atoms with E-state index in [2.05, 4.69) is 23.7 Å². The summed E-state index contributed by atoms with van der Waals surface area (Å²) >= 11 is 1.65. The van der Waals surface area contributed by atoms with Gasteiger partial charge in [0.15, 0.2) is 5.16 Å². The van der Waals surface area contributed by atoms with E-state index in [1.54, 1.807) is 22.4 Å².